The molecule has 1 aliphatic rings. The lowest BCUT2D eigenvalue weighted by atomic mass is 10.1. The molecule has 2 heterocycles. The topological polar surface area (TPSA) is 167 Å². The molecule has 13 nitrogen and oxygen atoms in total. The van der Waals surface area contributed by atoms with Crippen molar-refractivity contribution in [2.24, 2.45) is 0 Å². The number of anilines is 1. The summed E-state index contributed by atoms with van der Waals surface area (Å²) < 4.78 is 36.8. The Labute approximate surface area is 248 Å². The van der Waals surface area contributed by atoms with E-state index in [0.717, 1.165) is 16.6 Å². The van der Waals surface area contributed by atoms with Gasteiger partial charge in [-0.05, 0) is 19.1 Å². The number of benzene rings is 1. The average molecular weight is 647 g/mol. The Kier molecular flexibility index (Phi) is 12.5. The minimum Gasteiger partial charge on any atom is -0.344 e. The van der Waals surface area contributed by atoms with Gasteiger partial charge >= 0.3 is 0 Å². The molecular weight excluding hydrogens is 601 g/mol. The molecule has 42 heavy (non-hydrogen) atoms. The molecule has 2 aromatic rings. The van der Waals surface area contributed by atoms with Crippen LogP contribution in [0.3, 0.4) is 0 Å². The predicted molar refractivity (Wildman–Crippen MR) is 168 cm³/mol. The second-order valence-corrected chi connectivity index (χ2v) is 18.7. The van der Waals surface area contributed by atoms with Crippen molar-refractivity contribution in [1.29, 1.82) is 0 Å². The summed E-state index contributed by atoms with van der Waals surface area (Å²) >= 11 is 0. The Hall–Kier alpha value is -1.49. The van der Waals surface area contributed by atoms with E-state index in [0.29, 0.717) is 58.0 Å². The van der Waals surface area contributed by atoms with Crippen LogP contribution in [0.5, 0.6) is 0 Å². The summed E-state index contributed by atoms with van der Waals surface area (Å²) in [5, 5.41) is 3.84. The van der Waals surface area contributed by atoms with Gasteiger partial charge in [0, 0.05) is 83.4 Å². The lowest BCUT2D eigenvalue weighted by Gasteiger charge is -2.34. The Bertz CT molecular complexity index is 1320. The van der Waals surface area contributed by atoms with E-state index in [1.165, 1.54) is 20.0 Å². The van der Waals surface area contributed by atoms with Gasteiger partial charge in [0.1, 0.15) is 0 Å². The molecule has 3 rings (SSSR count). The van der Waals surface area contributed by atoms with Crippen LogP contribution in [-0.4, -0.2) is 143 Å². The van der Waals surface area contributed by atoms with Gasteiger partial charge in [0.15, 0.2) is 0 Å². The number of aromatic nitrogens is 1. The van der Waals surface area contributed by atoms with Gasteiger partial charge < -0.3 is 20.0 Å². The molecule has 1 aromatic carbocycles. The number of nitrogens with one attached hydrogen (secondary N) is 1. The summed E-state index contributed by atoms with van der Waals surface area (Å²) in [6.45, 7) is 8.95. The number of hydrogen-bond donors (Lipinski definition) is 4. The lowest BCUT2D eigenvalue weighted by molar-refractivity contribution is -0.117. The second kappa shape index (κ2) is 15.0. The number of fused-ring (bicyclic) bond motifs is 1. The van der Waals surface area contributed by atoms with Crippen molar-refractivity contribution in [3.63, 3.8) is 0 Å². The van der Waals surface area contributed by atoms with Crippen LogP contribution in [0.25, 0.3) is 10.9 Å². The van der Waals surface area contributed by atoms with Crippen molar-refractivity contribution in [3.05, 3.63) is 36.0 Å². The number of hydrogen-bond acceptors (Lipinski definition) is 9. The molecule has 0 spiro atoms. The van der Waals surface area contributed by atoms with Crippen molar-refractivity contribution in [3.8, 4) is 0 Å². The molecular formula is C26H45N6O7P3. The first-order valence-corrected chi connectivity index (χ1v) is 20.8. The van der Waals surface area contributed by atoms with Gasteiger partial charge in [-0.1, -0.05) is 18.2 Å². The maximum atomic E-state index is 13.3. The number of carbonyl (C=O) groups excluding carboxylic acids is 1. The highest BCUT2D eigenvalue weighted by molar-refractivity contribution is 7.57. The fraction of sp³-hybridized carbons (Fsp3) is 0.615. The van der Waals surface area contributed by atoms with E-state index >= 15 is 0 Å². The Morgan fingerprint density at radius 1 is 0.762 bits per heavy atom. The van der Waals surface area contributed by atoms with Crippen molar-refractivity contribution in [1.82, 2.24) is 24.6 Å². The molecule has 1 aromatic heterocycles. The van der Waals surface area contributed by atoms with Gasteiger partial charge in [-0.3, -0.25) is 43.1 Å². The van der Waals surface area contributed by atoms with Crippen LogP contribution in [-0.2, 0) is 18.5 Å². The predicted octanol–water partition coefficient (Wildman–Crippen LogP) is 2.28. The maximum Gasteiger partial charge on any atom is 0.238 e. The van der Waals surface area contributed by atoms with Gasteiger partial charge in [0.2, 0.25) is 28.0 Å². The largest absolute Gasteiger partial charge is 0.344 e. The molecule has 0 aliphatic carbocycles. The first-order valence-electron chi connectivity index (χ1n) is 13.9. The number of carbonyl (C=O) groups is 1. The van der Waals surface area contributed by atoms with Crippen LogP contribution in [0.4, 0.5) is 5.69 Å². The third kappa shape index (κ3) is 13.0. The number of pyridine rings is 1. The molecule has 0 saturated carbocycles. The normalized spacial score (nSPS) is 21.9. The summed E-state index contributed by atoms with van der Waals surface area (Å²) in [6.07, 6.45) is -0.126. The summed E-state index contributed by atoms with van der Waals surface area (Å²) in [5.74, 6) is -0.226. The van der Waals surface area contributed by atoms with E-state index in [1.807, 2.05) is 56.9 Å². The number of para-hydroxylation sites is 1. The minimum absolute atomic E-state index is 0.0400. The fourth-order valence-corrected chi connectivity index (χ4v) is 8.15. The van der Waals surface area contributed by atoms with E-state index < -0.39 is 22.1 Å². The summed E-state index contributed by atoms with van der Waals surface area (Å²) in [4.78, 5) is 55.5. The van der Waals surface area contributed by atoms with Gasteiger partial charge in [-0.25, -0.2) is 0 Å². The zero-order chi connectivity index (χ0) is 31.1. The molecule has 16 heteroatoms. The van der Waals surface area contributed by atoms with Crippen molar-refractivity contribution < 1.29 is 33.2 Å². The van der Waals surface area contributed by atoms with Crippen LogP contribution in [0.2, 0.25) is 0 Å². The van der Waals surface area contributed by atoms with Gasteiger partial charge in [0.25, 0.3) is 0 Å². The Morgan fingerprint density at radius 3 is 1.60 bits per heavy atom. The first kappa shape index (κ1) is 35.0. The van der Waals surface area contributed by atoms with Gasteiger partial charge in [-0.2, -0.15) is 0 Å². The highest BCUT2D eigenvalue weighted by Gasteiger charge is 2.25. The zero-order valence-electron chi connectivity index (χ0n) is 24.9. The second-order valence-electron chi connectivity index (χ2n) is 11.6. The lowest BCUT2D eigenvalue weighted by Crippen LogP contribution is -2.47. The van der Waals surface area contributed by atoms with E-state index in [9.17, 15) is 33.2 Å². The van der Waals surface area contributed by atoms with Crippen LogP contribution in [0.1, 0.15) is 5.69 Å². The molecule has 1 amide bonds. The summed E-state index contributed by atoms with van der Waals surface area (Å²) in [5.41, 5.74) is 2.22. The van der Waals surface area contributed by atoms with Crippen LogP contribution < -0.4 is 5.32 Å². The van der Waals surface area contributed by atoms with Gasteiger partial charge in [-0.15, -0.1) is 0 Å². The van der Waals surface area contributed by atoms with E-state index in [1.54, 1.807) is 0 Å². The highest BCUT2D eigenvalue weighted by Crippen LogP contribution is 2.38. The van der Waals surface area contributed by atoms with Crippen LogP contribution in [0, 0.1) is 6.92 Å². The van der Waals surface area contributed by atoms with E-state index in [2.05, 4.69) is 10.3 Å². The zero-order valence-corrected chi connectivity index (χ0v) is 27.6. The molecule has 1 saturated heterocycles. The monoisotopic (exact) mass is 646 g/mol. The van der Waals surface area contributed by atoms with Crippen molar-refractivity contribution in [2.75, 3.05) is 103 Å². The third-order valence-corrected chi connectivity index (χ3v) is 9.58. The van der Waals surface area contributed by atoms with E-state index in [4.69, 9.17) is 0 Å². The molecule has 0 bridgehead atoms. The fourth-order valence-electron chi connectivity index (χ4n) is 5.08. The van der Waals surface area contributed by atoms with E-state index in [-0.39, 0.29) is 31.3 Å². The van der Waals surface area contributed by atoms with Crippen molar-refractivity contribution in [2.45, 2.75) is 6.92 Å². The highest BCUT2D eigenvalue weighted by atomic mass is 31.2. The number of aryl methyl sites for hydroxylation is 1. The molecule has 3 atom stereocenters. The molecule has 0 radical (unpaired) electrons. The minimum atomic E-state index is -3.40. The average Bonchev–Trinajstić information content (AvgIpc) is 2.83. The Morgan fingerprint density at radius 2 is 1.17 bits per heavy atom. The number of rotatable bonds is 9. The molecule has 4 N–H and O–H groups in total. The number of nitrogens with zero attached hydrogens (tertiary/aromatic N) is 5. The number of amides is 1. The third-order valence-electron chi connectivity index (χ3n) is 6.80. The van der Waals surface area contributed by atoms with Crippen LogP contribution >= 0.6 is 22.1 Å². The molecule has 3 unspecified atom stereocenters. The molecule has 1 aliphatic heterocycles. The summed E-state index contributed by atoms with van der Waals surface area (Å²) in [7, 11) is -10.2. The van der Waals surface area contributed by atoms with Crippen LogP contribution in [0.15, 0.2) is 30.3 Å². The smallest absolute Gasteiger partial charge is 0.238 e. The Balaban J connectivity index is 1.80. The summed E-state index contributed by atoms with van der Waals surface area (Å²) in [6, 6.07) is 9.39. The quantitative estimate of drug-likeness (QED) is 0.294. The standard InChI is InChI=1S/C26H45N6O7P3/c1-22-17-25(23-7-5-6-8-24(23)27-22)28-26(33)18-29-9-11-30(19-40(2,34)35)13-15-32(21-42(4,38)39)16-14-31(12-10-29)20-41(3,36)37/h5-8,17H,9-16,18-21H2,1-4H3,(H,34,35)(H,36,37)(H,38,39)(H,27,28,33). The molecule has 236 valence electrons. The van der Waals surface area contributed by atoms with Gasteiger partial charge in [0.05, 0.1) is 36.6 Å². The maximum absolute atomic E-state index is 13.3. The van der Waals surface area contributed by atoms with Crippen molar-refractivity contribution >= 4 is 44.6 Å². The first-order chi connectivity index (χ1) is 19.5. The SMILES string of the molecule is Cc1cc(NC(=O)CN2CCN(CP(C)(=O)O)CCN(CP(C)(=O)O)CCN(CP(C)(=O)O)CC2)c2ccccc2n1. The molecule has 1 fully saturated rings.